The van der Waals surface area contributed by atoms with Gasteiger partial charge in [0, 0.05) is 5.56 Å². The van der Waals surface area contributed by atoms with Gasteiger partial charge in [-0.25, -0.2) is 0 Å². The van der Waals surface area contributed by atoms with Crippen molar-refractivity contribution in [2.45, 2.75) is 30.9 Å². The first-order valence-electron chi connectivity index (χ1n) is 6.20. The minimum Gasteiger partial charge on any atom is -0.338 e. The number of hydrogen-bond acceptors (Lipinski definition) is 3. The second-order valence-corrected chi connectivity index (χ2v) is 4.81. The predicted molar refractivity (Wildman–Crippen MR) is 62.9 cm³/mol. The van der Waals surface area contributed by atoms with Gasteiger partial charge in [-0.3, -0.25) is 4.79 Å². The van der Waals surface area contributed by atoms with E-state index in [9.17, 15) is 18.0 Å². The molecule has 0 bridgehead atoms. The monoisotopic (exact) mass is 287 g/mol. The summed E-state index contributed by atoms with van der Waals surface area (Å²) in [5.74, 6) is -2.32. The van der Waals surface area contributed by atoms with Gasteiger partial charge >= 0.3 is 6.18 Å². The fourth-order valence-corrected chi connectivity index (χ4v) is 2.53. The maximum Gasteiger partial charge on any atom is 0.391 e. The zero-order valence-corrected chi connectivity index (χ0v) is 10.4. The lowest BCUT2D eigenvalue weighted by Gasteiger charge is -2.37. The highest BCUT2D eigenvalue weighted by molar-refractivity contribution is 6.04. The number of hydrogen-bond donors (Lipinski definition) is 1. The summed E-state index contributed by atoms with van der Waals surface area (Å²) in [6.07, 6.45) is -6.40. The van der Waals surface area contributed by atoms with Gasteiger partial charge in [0.1, 0.15) is 0 Å². The van der Waals surface area contributed by atoms with Crippen molar-refractivity contribution in [2.24, 2.45) is 0 Å². The van der Waals surface area contributed by atoms with E-state index in [2.05, 4.69) is 5.32 Å². The van der Waals surface area contributed by atoms with Crippen LogP contribution in [0.4, 0.5) is 18.9 Å². The lowest BCUT2D eigenvalue weighted by atomic mass is 10.0. The van der Waals surface area contributed by atoms with E-state index in [1.54, 1.807) is 24.3 Å². The van der Waals surface area contributed by atoms with Gasteiger partial charge in [0.25, 0.3) is 11.7 Å². The quantitative estimate of drug-likeness (QED) is 0.863. The summed E-state index contributed by atoms with van der Waals surface area (Å²) < 4.78 is 48.3. The molecule has 1 aromatic carbocycles. The molecule has 7 heteroatoms. The fraction of sp³-hybridized carbons (Fsp3) is 0.462. The third kappa shape index (κ3) is 2.16. The summed E-state index contributed by atoms with van der Waals surface area (Å²) in [5.41, 5.74) is 0.932. The molecule has 2 aliphatic heterocycles. The number of ether oxygens (including phenoxy) is 2. The van der Waals surface area contributed by atoms with E-state index in [-0.39, 0.29) is 13.0 Å². The number of carbonyl (C=O) groups excluding carboxylic acids is 1. The number of alkyl halides is 3. The average molecular weight is 287 g/mol. The largest absolute Gasteiger partial charge is 0.391 e. The predicted octanol–water partition coefficient (Wildman–Crippen LogP) is 2.55. The molecule has 1 amide bonds. The highest BCUT2D eigenvalue weighted by Gasteiger charge is 2.54. The molecule has 1 saturated heterocycles. The topological polar surface area (TPSA) is 47.6 Å². The Hall–Kier alpha value is -1.60. The van der Waals surface area contributed by atoms with Crippen molar-refractivity contribution in [1.29, 1.82) is 0 Å². The molecule has 20 heavy (non-hydrogen) atoms. The molecule has 1 fully saturated rings. The third-order valence-electron chi connectivity index (χ3n) is 3.37. The second-order valence-electron chi connectivity index (χ2n) is 4.81. The number of halogens is 3. The van der Waals surface area contributed by atoms with Gasteiger partial charge in [-0.05, 0) is 12.5 Å². The van der Waals surface area contributed by atoms with Crippen LogP contribution in [0.25, 0.3) is 0 Å². The summed E-state index contributed by atoms with van der Waals surface area (Å²) in [5, 5.41) is 2.57. The number of para-hydroxylation sites is 1. The molecule has 0 saturated carbocycles. The molecular formula is C13H12F3NO3. The fourth-order valence-electron chi connectivity index (χ4n) is 2.53. The van der Waals surface area contributed by atoms with Crippen molar-refractivity contribution in [3.8, 4) is 0 Å². The van der Waals surface area contributed by atoms with Gasteiger partial charge in [0.05, 0.1) is 24.8 Å². The molecular weight excluding hydrogens is 275 g/mol. The number of nitrogens with one attached hydrogen (secondary N) is 1. The smallest absolute Gasteiger partial charge is 0.338 e. The van der Waals surface area contributed by atoms with Crippen LogP contribution in [0.15, 0.2) is 24.3 Å². The molecule has 2 atom stereocenters. The molecule has 0 aliphatic carbocycles. The van der Waals surface area contributed by atoms with Crippen LogP contribution >= 0.6 is 0 Å². The standard InChI is InChI=1S/C13H12F3NO3/c14-12(15,16)7-8-5-6-19-13(20-8)9-3-1-2-4-10(9)17-11(13)18/h1-4,8H,5-7H2,(H,17,18). The molecule has 2 unspecified atom stereocenters. The number of fused-ring (bicyclic) bond motifs is 2. The number of amides is 1. The Labute approximate surface area is 112 Å². The van der Waals surface area contributed by atoms with Crippen LogP contribution in [0.1, 0.15) is 18.4 Å². The van der Waals surface area contributed by atoms with Crippen LogP contribution in [0, 0.1) is 0 Å². The first-order valence-corrected chi connectivity index (χ1v) is 6.20. The van der Waals surface area contributed by atoms with E-state index in [1.807, 2.05) is 0 Å². The molecule has 1 N–H and O–H groups in total. The number of rotatable bonds is 1. The summed E-state index contributed by atoms with van der Waals surface area (Å²) in [4.78, 5) is 12.1. The van der Waals surface area contributed by atoms with Gasteiger partial charge < -0.3 is 14.8 Å². The van der Waals surface area contributed by atoms with Gasteiger partial charge in [0.2, 0.25) is 0 Å². The molecule has 1 aromatic rings. The van der Waals surface area contributed by atoms with Crippen LogP contribution in [0.5, 0.6) is 0 Å². The van der Waals surface area contributed by atoms with Gasteiger partial charge in [-0.15, -0.1) is 0 Å². The first kappa shape index (κ1) is 13.4. The second kappa shape index (κ2) is 4.46. The number of anilines is 1. The summed E-state index contributed by atoms with van der Waals surface area (Å²) >= 11 is 0. The molecule has 4 nitrogen and oxygen atoms in total. The van der Waals surface area contributed by atoms with E-state index in [0.29, 0.717) is 11.3 Å². The van der Waals surface area contributed by atoms with Crippen molar-refractivity contribution >= 4 is 11.6 Å². The molecule has 3 rings (SSSR count). The Bertz CT molecular complexity index is 546. The van der Waals surface area contributed by atoms with Gasteiger partial charge in [-0.1, -0.05) is 18.2 Å². The van der Waals surface area contributed by atoms with Crippen LogP contribution in [0.3, 0.4) is 0 Å². The molecule has 108 valence electrons. The van der Waals surface area contributed by atoms with Crippen molar-refractivity contribution in [2.75, 3.05) is 11.9 Å². The third-order valence-corrected chi connectivity index (χ3v) is 3.37. The number of benzene rings is 1. The van der Waals surface area contributed by atoms with Crippen LogP contribution < -0.4 is 5.32 Å². The molecule has 1 spiro atoms. The van der Waals surface area contributed by atoms with Crippen molar-refractivity contribution in [1.82, 2.24) is 0 Å². The SMILES string of the molecule is O=C1Nc2ccccc2C12OCCC(CC(F)(F)F)O2. The van der Waals surface area contributed by atoms with E-state index in [4.69, 9.17) is 9.47 Å². The van der Waals surface area contributed by atoms with E-state index in [1.165, 1.54) is 0 Å². The maximum atomic E-state index is 12.5. The highest BCUT2D eigenvalue weighted by atomic mass is 19.4. The molecule has 2 heterocycles. The Morgan fingerprint density at radius 3 is 2.85 bits per heavy atom. The average Bonchev–Trinajstić information content (AvgIpc) is 2.61. The van der Waals surface area contributed by atoms with E-state index in [0.717, 1.165) is 0 Å². The lowest BCUT2D eigenvalue weighted by molar-refractivity contribution is -0.294. The highest BCUT2D eigenvalue weighted by Crippen LogP contribution is 2.44. The minimum absolute atomic E-state index is 0.0441. The summed E-state index contributed by atoms with van der Waals surface area (Å²) in [6.45, 7) is 0.0441. The van der Waals surface area contributed by atoms with E-state index < -0.39 is 30.4 Å². The van der Waals surface area contributed by atoms with Gasteiger partial charge in [-0.2, -0.15) is 13.2 Å². The van der Waals surface area contributed by atoms with Crippen LogP contribution in [-0.4, -0.2) is 24.8 Å². The van der Waals surface area contributed by atoms with Crippen molar-refractivity contribution in [3.05, 3.63) is 29.8 Å². The van der Waals surface area contributed by atoms with Crippen molar-refractivity contribution < 1.29 is 27.4 Å². The Morgan fingerprint density at radius 1 is 1.35 bits per heavy atom. The zero-order chi connectivity index (χ0) is 14.4. The summed E-state index contributed by atoms with van der Waals surface area (Å²) in [7, 11) is 0. The van der Waals surface area contributed by atoms with Crippen LogP contribution in [0.2, 0.25) is 0 Å². The van der Waals surface area contributed by atoms with Gasteiger partial charge in [0.15, 0.2) is 0 Å². The zero-order valence-electron chi connectivity index (χ0n) is 10.4. The lowest BCUT2D eigenvalue weighted by Crippen LogP contribution is -2.48. The van der Waals surface area contributed by atoms with E-state index >= 15 is 0 Å². The Balaban J connectivity index is 1.90. The first-order chi connectivity index (χ1) is 9.41. The van der Waals surface area contributed by atoms with Crippen molar-refractivity contribution in [3.63, 3.8) is 0 Å². The Kier molecular flexibility index (Phi) is 2.98. The molecule has 0 radical (unpaired) electrons. The number of carbonyl (C=O) groups is 1. The molecule has 2 aliphatic rings. The maximum absolute atomic E-state index is 12.5. The Morgan fingerprint density at radius 2 is 2.10 bits per heavy atom. The normalized spacial score (nSPS) is 29.4. The molecule has 0 aromatic heterocycles. The minimum atomic E-state index is -4.34. The summed E-state index contributed by atoms with van der Waals surface area (Å²) in [6, 6.07) is 6.67. The van der Waals surface area contributed by atoms with Crippen LogP contribution in [-0.2, 0) is 20.1 Å².